The van der Waals surface area contributed by atoms with Gasteiger partial charge in [-0.2, -0.15) is 0 Å². The highest BCUT2D eigenvalue weighted by atomic mass is 79.9. The van der Waals surface area contributed by atoms with E-state index in [1.807, 2.05) is 0 Å². The van der Waals surface area contributed by atoms with E-state index < -0.39 is 0 Å². The molecule has 0 fully saturated rings. The van der Waals surface area contributed by atoms with Crippen LogP contribution in [0.3, 0.4) is 0 Å². The van der Waals surface area contributed by atoms with Crippen LogP contribution in [0.2, 0.25) is 0 Å². The van der Waals surface area contributed by atoms with Gasteiger partial charge in [-0.1, -0.05) is 13.8 Å². The maximum Gasteiger partial charge on any atom is 0.228 e. The third-order valence-corrected chi connectivity index (χ3v) is 3.45. The third-order valence-electron chi connectivity index (χ3n) is 2.04. The number of nitrogens with one attached hydrogen (secondary N) is 2. The molecule has 1 aromatic rings. The molecule has 0 heterocycles. The standard InChI is InChI=1S/C11H12Br2N2O2S/c1-5(2)10(17)15-11(18)14-6-3-7(12)9(16)8(13)4-6/h3-5,16H,1-2H3,(H2,14,15,17,18). The molecule has 4 nitrogen and oxygen atoms in total. The van der Waals surface area contributed by atoms with E-state index in [-0.39, 0.29) is 22.7 Å². The zero-order chi connectivity index (χ0) is 13.9. The van der Waals surface area contributed by atoms with Crippen molar-refractivity contribution in [3.05, 3.63) is 21.1 Å². The Morgan fingerprint density at radius 1 is 1.33 bits per heavy atom. The van der Waals surface area contributed by atoms with Crippen molar-refractivity contribution in [3.63, 3.8) is 0 Å². The van der Waals surface area contributed by atoms with Gasteiger partial charge in [0.2, 0.25) is 5.91 Å². The monoisotopic (exact) mass is 394 g/mol. The molecule has 0 atom stereocenters. The van der Waals surface area contributed by atoms with Gasteiger partial charge in [-0.05, 0) is 56.2 Å². The van der Waals surface area contributed by atoms with E-state index in [0.717, 1.165) is 0 Å². The van der Waals surface area contributed by atoms with Crippen LogP contribution in [0.4, 0.5) is 5.69 Å². The first-order chi connectivity index (χ1) is 8.31. The second-order valence-electron chi connectivity index (χ2n) is 3.89. The summed E-state index contributed by atoms with van der Waals surface area (Å²) in [5, 5.41) is 15.2. The lowest BCUT2D eigenvalue weighted by molar-refractivity contribution is -0.122. The van der Waals surface area contributed by atoms with Crippen LogP contribution < -0.4 is 10.6 Å². The molecule has 0 saturated heterocycles. The van der Waals surface area contributed by atoms with Crippen LogP contribution in [-0.2, 0) is 4.79 Å². The summed E-state index contributed by atoms with van der Waals surface area (Å²) in [6.07, 6.45) is 0. The first-order valence-electron chi connectivity index (χ1n) is 5.11. The van der Waals surface area contributed by atoms with Crippen LogP contribution in [0.5, 0.6) is 5.75 Å². The molecule has 1 aromatic carbocycles. The lowest BCUT2D eigenvalue weighted by atomic mass is 10.2. The van der Waals surface area contributed by atoms with E-state index in [0.29, 0.717) is 14.6 Å². The molecule has 0 bridgehead atoms. The number of rotatable bonds is 2. The molecule has 3 N–H and O–H groups in total. The minimum Gasteiger partial charge on any atom is -0.506 e. The van der Waals surface area contributed by atoms with Crippen molar-refractivity contribution in [2.24, 2.45) is 5.92 Å². The average Bonchev–Trinajstić information content (AvgIpc) is 2.25. The summed E-state index contributed by atoms with van der Waals surface area (Å²) in [6.45, 7) is 3.57. The number of amides is 1. The second kappa shape index (κ2) is 6.49. The van der Waals surface area contributed by atoms with E-state index in [4.69, 9.17) is 12.2 Å². The number of phenolic OH excluding ortho intramolecular Hbond substituents is 1. The fourth-order valence-electron chi connectivity index (χ4n) is 1.06. The summed E-state index contributed by atoms with van der Waals surface area (Å²) >= 11 is 11.4. The summed E-state index contributed by atoms with van der Waals surface area (Å²) in [7, 11) is 0. The predicted octanol–water partition coefficient (Wildman–Crippen LogP) is 3.39. The first-order valence-corrected chi connectivity index (χ1v) is 7.10. The van der Waals surface area contributed by atoms with Crippen LogP contribution in [0, 0.1) is 5.92 Å². The van der Waals surface area contributed by atoms with Gasteiger partial charge in [-0.15, -0.1) is 0 Å². The number of thiocarbonyl (C=S) groups is 1. The number of anilines is 1. The van der Waals surface area contributed by atoms with Crippen molar-refractivity contribution in [2.45, 2.75) is 13.8 Å². The van der Waals surface area contributed by atoms with Crippen molar-refractivity contribution in [1.82, 2.24) is 5.32 Å². The van der Waals surface area contributed by atoms with Gasteiger partial charge in [0.25, 0.3) is 0 Å². The Morgan fingerprint density at radius 3 is 2.28 bits per heavy atom. The van der Waals surface area contributed by atoms with Gasteiger partial charge in [0.05, 0.1) is 8.95 Å². The highest BCUT2D eigenvalue weighted by Gasteiger charge is 2.10. The van der Waals surface area contributed by atoms with Crippen LogP contribution in [0.25, 0.3) is 0 Å². The maximum absolute atomic E-state index is 11.4. The van der Waals surface area contributed by atoms with Gasteiger partial charge in [0.1, 0.15) is 5.75 Å². The maximum atomic E-state index is 11.4. The molecular formula is C11H12Br2N2O2S. The topological polar surface area (TPSA) is 61.4 Å². The molecular weight excluding hydrogens is 384 g/mol. The first kappa shape index (κ1) is 15.4. The van der Waals surface area contributed by atoms with Crippen molar-refractivity contribution in [1.29, 1.82) is 0 Å². The quantitative estimate of drug-likeness (QED) is 0.530. The lowest BCUT2D eigenvalue weighted by Crippen LogP contribution is -2.36. The molecule has 0 saturated carbocycles. The fraction of sp³-hybridized carbons (Fsp3) is 0.273. The molecule has 0 aromatic heterocycles. The highest BCUT2D eigenvalue weighted by molar-refractivity contribution is 9.11. The van der Waals surface area contributed by atoms with Crippen LogP contribution in [0.1, 0.15) is 13.8 Å². The van der Waals surface area contributed by atoms with Gasteiger partial charge in [0, 0.05) is 11.6 Å². The minimum absolute atomic E-state index is 0.109. The molecule has 0 radical (unpaired) electrons. The molecule has 98 valence electrons. The molecule has 0 aliphatic rings. The normalized spacial score (nSPS) is 10.3. The molecule has 0 unspecified atom stereocenters. The Bertz CT molecular complexity index is 469. The van der Waals surface area contributed by atoms with Crippen molar-refractivity contribution in [3.8, 4) is 5.75 Å². The zero-order valence-electron chi connectivity index (χ0n) is 9.75. The minimum atomic E-state index is -0.149. The number of aromatic hydroxyl groups is 1. The van der Waals surface area contributed by atoms with E-state index in [1.165, 1.54) is 0 Å². The smallest absolute Gasteiger partial charge is 0.228 e. The summed E-state index contributed by atoms with van der Waals surface area (Å²) < 4.78 is 1.05. The number of carbonyl (C=O) groups is 1. The SMILES string of the molecule is CC(C)C(=O)NC(=S)Nc1cc(Br)c(O)c(Br)c1. The Labute approximate surface area is 127 Å². The zero-order valence-corrected chi connectivity index (χ0v) is 13.7. The molecule has 18 heavy (non-hydrogen) atoms. The van der Waals surface area contributed by atoms with E-state index in [9.17, 15) is 9.90 Å². The average molecular weight is 396 g/mol. The Balaban J connectivity index is 2.74. The largest absolute Gasteiger partial charge is 0.506 e. The van der Waals surface area contributed by atoms with Crippen LogP contribution in [-0.4, -0.2) is 16.1 Å². The molecule has 1 amide bonds. The summed E-state index contributed by atoms with van der Waals surface area (Å²) in [5.74, 6) is -0.176. The Hall–Kier alpha value is -0.660. The van der Waals surface area contributed by atoms with Crippen LogP contribution >= 0.6 is 44.1 Å². The van der Waals surface area contributed by atoms with Crippen molar-refractivity contribution < 1.29 is 9.90 Å². The number of halogens is 2. The Kier molecular flexibility index (Phi) is 5.55. The van der Waals surface area contributed by atoms with E-state index in [2.05, 4.69) is 42.5 Å². The molecule has 0 aliphatic carbocycles. The number of hydrogen-bond acceptors (Lipinski definition) is 3. The molecule has 7 heteroatoms. The second-order valence-corrected chi connectivity index (χ2v) is 6.00. The number of phenols is 1. The van der Waals surface area contributed by atoms with Crippen molar-refractivity contribution in [2.75, 3.05) is 5.32 Å². The molecule has 0 aliphatic heterocycles. The molecule has 0 spiro atoms. The van der Waals surface area contributed by atoms with Gasteiger partial charge in [-0.3, -0.25) is 4.79 Å². The Morgan fingerprint density at radius 2 is 1.83 bits per heavy atom. The summed E-state index contributed by atoms with van der Waals surface area (Å²) in [5.41, 5.74) is 0.653. The van der Waals surface area contributed by atoms with Gasteiger partial charge < -0.3 is 15.7 Å². The summed E-state index contributed by atoms with van der Waals surface area (Å²) in [6, 6.07) is 3.32. The van der Waals surface area contributed by atoms with Gasteiger partial charge >= 0.3 is 0 Å². The fourth-order valence-corrected chi connectivity index (χ4v) is 2.46. The summed E-state index contributed by atoms with van der Waals surface area (Å²) in [4.78, 5) is 11.4. The number of carbonyl (C=O) groups excluding carboxylic acids is 1. The lowest BCUT2D eigenvalue weighted by Gasteiger charge is -2.12. The predicted molar refractivity (Wildman–Crippen MR) is 82.7 cm³/mol. The van der Waals surface area contributed by atoms with E-state index in [1.54, 1.807) is 26.0 Å². The van der Waals surface area contributed by atoms with E-state index >= 15 is 0 Å². The number of benzene rings is 1. The van der Waals surface area contributed by atoms with Crippen molar-refractivity contribution >= 4 is 60.8 Å². The molecule has 1 rings (SSSR count). The number of hydrogen-bond donors (Lipinski definition) is 3. The van der Waals surface area contributed by atoms with Gasteiger partial charge in [-0.25, -0.2) is 0 Å². The van der Waals surface area contributed by atoms with Gasteiger partial charge in [0.15, 0.2) is 5.11 Å². The van der Waals surface area contributed by atoms with Crippen LogP contribution in [0.15, 0.2) is 21.1 Å². The third kappa shape index (κ3) is 4.22. The highest BCUT2D eigenvalue weighted by Crippen LogP contribution is 2.35.